The summed E-state index contributed by atoms with van der Waals surface area (Å²) in [4.78, 5) is 8.33. The molecule has 5 heteroatoms. The molecule has 0 rings (SSSR count). The molecule has 0 saturated heterocycles. The number of carbonyl (C=O) groups excluding carboxylic acids is 1. The Morgan fingerprint density at radius 2 is 1.33 bits per heavy atom. The van der Waals surface area contributed by atoms with E-state index < -0.39 is 6.16 Å². The number of rotatable bonds is 0. The summed E-state index contributed by atoms with van der Waals surface area (Å²) in [7, 11) is 0. The van der Waals surface area contributed by atoms with Gasteiger partial charge in [-0.3, -0.25) is 0 Å². The van der Waals surface area contributed by atoms with Crippen LogP contribution in [0.4, 0.5) is 4.79 Å². The molecule has 32 valence electrons. The zero-order chi connectivity index (χ0) is 3.58. The largest absolute Gasteiger partial charge is 3.00 e. The molecule has 0 atom stereocenters. The van der Waals surface area contributed by atoms with Crippen molar-refractivity contribution < 1.29 is 20.5 Å². The van der Waals surface area contributed by atoms with Gasteiger partial charge in [0.1, 0.15) is 0 Å². The summed E-state index contributed by atoms with van der Waals surface area (Å²) in [6, 6.07) is 0. The van der Waals surface area contributed by atoms with E-state index in [2.05, 4.69) is 0 Å². The van der Waals surface area contributed by atoms with Crippen molar-refractivity contribution in [3.8, 4) is 0 Å². The Morgan fingerprint density at radius 1 is 1.33 bits per heavy atom. The van der Waals surface area contributed by atoms with Crippen LogP contribution in [-0.4, -0.2) is 29.0 Å². The van der Waals surface area contributed by atoms with Crippen molar-refractivity contribution in [2.75, 3.05) is 0 Å². The van der Waals surface area contributed by atoms with Crippen LogP contribution in [-0.2, 0) is 0 Å². The molecule has 0 aromatic rings. The topological polar surface area (TPSA) is 94.7 Å². The second kappa shape index (κ2) is 8.83. The van der Waals surface area contributed by atoms with Crippen LogP contribution in [0.5, 0.6) is 0 Å². The summed E-state index contributed by atoms with van der Waals surface area (Å²) in [6.07, 6.45) is -2.33. The summed E-state index contributed by atoms with van der Waals surface area (Å²) in [5.41, 5.74) is 0. The Kier molecular flexibility index (Phi) is 25.2. The molecule has 0 saturated carbocycles. The third kappa shape index (κ3) is 509. The summed E-state index contributed by atoms with van der Waals surface area (Å²) in [5, 5.41) is 16.7. The van der Waals surface area contributed by atoms with Gasteiger partial charge < -0.3 is 20.5 Å². The van der Waals surface area contributed by atoms with Gasteiger partial charge in [-0.2, -0.15) is 0 Å². The third-order valence-corrected chi connectivity index (χ3v) is 0. The number of hydrogen-bond donors (Lipinski definition) is 0. The second-order valence-corrected chi connectivity index (χ2v) is 0.250. The van der Waals surface area contributed by atoms with Crippen LogP contribution < -0.4 is 10.2 Å². The van der Waals surface area contributed by atoms with Crippen molar-refractivity contribution in [2.24, 2.45) is 0 Å². The third-order valence-electron chi connectivity index (χ3n) is 0. The fraction of sp³-hybridized carbons (Fsp3) is 0. The van der Waals surface area contributed by atoms with E-state index in [0.29, 0.717) is 0 Å². The molecule has 0 amide bonds. The Labute approximate surface area is 44.8 Å². The Bertz CT molecular complexity index is 30.5. The number of carboxylic acid groups (broad SMARTS) is 2. The maximum Gasteiger partial charge on any atom is 3.00 e. The van der Waals surface area contributed by atoms with Crippen molar-refractivity contribution >= 4 is 23.5 Å². The molecule has 2 N–H and O–H groups in total. The van der Waals surface area contributed by atoms with Crippen LogP contribution in [0.2, 0.25) is 0 Å². The van der Waals surface area contributed by atoms with Gasteiger partial charge in [-0.25, -0.2) is 0 Å². The molecule has 0 aromatic heterocycles. The quantitative estimate of drug-likeness (QED) is 0.297. The first kappa shape index (κ1) is 17.1. The van der Waals surface area contributed by atoms with Crippen LogP contribution in [0, 0.1) is 0 Å². The molecule has 0 heterocycles. The normalized spacial score (nSPS) is 4.00. The first-order chi connectivity index (χ1) is 1.73. The molecular weight excluding hydrogens is 103 g/mol. The molecule has 0 aromatic carbocycles. The smallest absolute Gasteiger partial charge is 0.652 e. The maximum atomic E-state index is 8.33. The van der Waals surface area contributed by atoms with Crippen LogP contribution in [0.3, 0.4) is 0 Å². The van der Waals surface area contributed by atoms with Gasteiger partial charge in [-0.15, -0.1) is 0 Å². The predicted octanol–water partition coefficient (Wildman–Crippen LogP) is -3.65. The van der Waals surface area contributed by atoms with Gasteiger partial charge in [0, 0.05) is 0 Å². The van der Waals surface area contributed by atoms with Crippen molar-refractivity contribution in [1.29, 1.82) is 0 Å². The van der Waals surface area contributed by atoms with Gasteiger partial charge in [0.2, 0.25) is 0 Å². The van der Waals surface area contributed by atoms with E-state index in [9.17, 15) is 0 Å². The minimum absolute atomic E-state index is 0. The summed E-state index contributed by atoms with van der Waals surface area (Å²) in [6.45, 7) is 0. The number of hydrogen-bond acceptors (Lipinski definition) is 3. The van der Waals surface area contributed by atoms with Gasteiger partial charge >= 0.3 is 17.4 Å². The molecule has 0 bridgehead atoms. The predicted molar refractivity (Wildman–Crippen MR) is 14.8 cm³/mol. The first-order valence-corrected chi connectivity index (χ1v) is 0.612. The minimum Gasteiger partial charge on any atom is -0.652 e. The summed E-state index contributed by atoms with van der Waals surface area (Å²) < 4.78 is 0. The van der Waals surface area contributed by atoms with E-state index in [0.717, 1.165) is 0 Å². The average molecular weight is 105 g/mol. The van der Waals surface area contributed by atoms with Gasteiger partial charge in [-0.1, -0.05) is 0 Å². The van der Waals surface area contributed by atoms with Crippen molar-refractivity contribution in [1.82, 2.24) is 0 Å². The van der Waals surface area contributed by atoms with Gasteiger partial charge in [-0.05, 0) is 6.16 Å². The zero-order valence-corrected chi connectivity index (χ0v) is 3.96. The van der Waals surface area contributed by atoms with E-state index in [-0.39, 0.29) is 22.8 Å². The van der Waals surface area contributed by atoms with E-state index in [1.807, 2.05) is 0 Å². The maximum absolute atomic E-state index is 8.33. The van der Waals surface area contributed by atoms with Crippen molar-refractivity contribution in [2.45, 2.75) is 0 Å². The zero-order valence-electron chi connectivity index (χ0n) is 2.80. The molecule has 0 aliphatic carbocycles. The van der Waals surface area contributed by atoms with Crippen LogP contribution >= 0.6 is 0 Å². The molecule has 4 nitrogen and oxygen atoms in total. The average Bonchev–Trinajstić information content (AvgIpc) is 0.811. The molecule has 0 aliphatic heterocycles. The Balaban J connectivity index is -0.0000000450. The van der Waals surface area contributed by atoms with Gasteiger partial charge in [0.15, 0.2) is 0 Å². The molecule has 0 unspecified atom stereocenters. The molecule has 6 heavy (non-hydrogen) atoms. The Hall–Kier alpha value is -0.238. The van der Waals surface area contributed by atoms with Crippen LogP contribution in [0.15, 0.2) is 0 Å². The van der Waals surface area contributed by atoms with Crippen LogP contribution in [0.1, 0.15) is 0 Å². The Morgan fingerprint density at radius 3 is 1.33 bits per heavy atom. The van der Waals surface area contributed by atoms with Gasteiger partial charge in [0.05, 0.1) is 0 Å². The summed E-state index contributed by atoms with van der Waals surface area (Å²) >= 11 is 0. The van der Waals surface area contributed by atoms with Crippen molar-refractivity contribution in [3.05, 3.63) is 0 Å². The fourth-order valence-corrected chi connectivity index (χ4v) is 0. The van der Waals surface area contributed by atoms with E-state index >= 15 is 0 Å². The van der Waals surface area contributed by atoms with Crippen molar-refractivity contribution in [3.63, 3.8) is 0 Å². The molecule has 0 fully saturated rings. The standard InChI is InChI=1S/CH2O3.Al.H2O/c2-1(3)4;;/h(H2,2,3,4);;1H2/q;+3;/p-2. The fourth-order valence-electron chi connectivity index (χ4n) is 0. The van der Waals surface area contributed by atoms with Crippen LogP contribution in [0.25, 0.3) is 0 Å². The molecule has 0 aliphatic rings. The first-order valence-electron chi connectivity index (χ1n) is 0.612. The monoisotopic (exact) mass is 105 g/mol. The minimum atomic E-state index is -2.33. The second-order valence-electron chi connectivity index (χ2n) is 0.250. The molecular formula is CH2AlO4+. The van der Waals surface area contributed by atoms with E-state index in [1.54, 1.807) is 0 Å². The molecule has 0 spiro atoms. The summed E-state index contributed by atoms with van der Waals surface area (Å²) in [5.74, 6) is 0. The SMILES string of the molecule is O.O=C([O-])[O-].[Al+3]. The van der Waals surface area contributed by atoms with Gasteiger partial charge in [0.25, 0.3) is 0 Å². The van der Waals surface area contributed by atoms with E-state index in [4.69, 9.17) is 15.0 Å². The van der Waals surface area contributed by atoms with E-state index in [1.165, 1.54) is 0 Å². The number of carbonyl (C=O) groups is 1. The molecule has 0 radical (unpaired) electrons.